The van der Waals surface area contributed by atoms with E-state index in [0.717, 1.165) is 63.2 Å². The van der Waals surface area contributed by atoms with Gasteiger partial charge in [0, 0.05) is 47.8 Å². The lowest BCUT2D eigenvalue weighted by Crippen LogP contribution is -2.53. The van der Waals surface area contributed by atoms with Gasteiger partial charge in [-0.05, 0) is 135 Å². The maximum atomic E-state index is 13.9. The highest BCUT2D eigenvalue weighted by Crippen LogP contribution is 2.56. The summed E-state index contributed by atoms with van der Waals surface area (Å²) in [7, 11) is 0. The average molecular weight is 688 g/mol. The number of carboxylic acid groups (broad SMARTS) is 1. The van der Waals surface area contributed by atoms with Crippen LogP contribution < -0.4 is 10.1 Å². The van der Waals surface area contributed by atoms with Crippen molar-refractivity contribution in [2.24, 2.45) is 11.8 Å². The number of rotatable bonds is 10. The van der Waals surface area contributed by atoms with E-state index in [9.17, 15) is 14.3 Å². The zero-order valence-corrected chi connectivity index (χ0v) is 29.8. The highest BCUT2D eigenvalue weighted by Gasteiger charge is 2.54. The van der Waals surface area contributed by atoms with E-state index >= 15 is 0 Å². The Labute approximate surface area is 295 Å². The summed E-state index contributed by atoms with van der Waals surface area (Å²) in [5, 5.41) is 14.6. The van der Waals surface area contributed by atoms with E-state index in [0.29, 0.717) is 55.1 Å². The van der Waals surface area contributed by atoms with Crippen LogP contribution >= 0.6 is 11.6 Å². The van der Waals surface area contributed by atoms with Crippen LogP contribution in [0.1, 0.15) is 106 Å². The number of hydrogen-bond acceptors (Lipinski definition) is 5. The Hall–Kier alpha value is -3.16. The number of halogens is 2. The summed E-state index contributed by atoms with van der Waals surface area (Å²) in [6, 6.07) is 16.4. The smallest absolute Gasteiger partial charge is 0.329 e. The Bertz CT molecular complexity index is 1650. The number of ether oxygens (including phenoxy) is 1. The van der Waals surface area contributed by atoms with Crippen molar-refractivity contribution < 1.29 is 19.0 Å². The molecule has 3 aliphatic carbocycles. The molecule has 1 spiro atoms. The first-order valence-electron chi connectivity index (χ1n) is 18.5. The van der Waals surface area contributed by atoms with Crippen LogP contribution in [-0.4, -0.2) is 52.4 Å². The zero-order chi connectivity index (χ0) is 34.2. The fourth-order valence-electron chi connectivity index (χ4n) is 9.56. The molecular formula is C41H51ClFN3O3. The number of carbonyl (C=O) groups is 1. The van der Waals surface area contributed by atoms with Gasteiger partial charge in [-0.15, -0.1) is 0 Å². The van der Waals surface area contributed by atoms with Crippen molar-refractivity contribution in [2.75, 3.05) is 25.0 Å². The molecule has 3 atom stereocenters. The quantitative estimate of drug-likeness (QED) is 0.222. The van der Waals surface area contributed by atoms with Gasteiger partial charge in [0.05, 0.1) is 6.61 Å². The summed E-state index contributed by atoms with van der Waals surface area (Å²) in [6.07, 6.45) is 10.5. The van der Waals surface area contributed by atoms with Crippen molar-refractivity contribution in [2.45, 2.75) is 114 Å². The van der Waals surface area contributed by atoms with Gasteiger partial charge in [0.2, 0.25) is 0 Å². The second kappa shape index (κ2) is 14.2. The molecule has 49 heavy (non-hydrogen) atoms. The molecule has 1 unspecified atom stereocenters. The predicted molar refractivity (Wildman–Crippen MR) is 193 cm³/mol. The minimum Gasteiger partial charge on any atom is -0.493 e. The second-order valence-corrected chi connectivity index (χ2v) is 16.1. The molecule has 2 aromatic carbocycles. The number of fused-ring (bicyclic) bond motifs is 3. The number of aryl methyl sites for hydroxylation is 1. The van der Waals surface area contributed by atoms with Crippen molar-refractivity contribution >= 4 is 23.3 Å². The van der Waals surface area contributed by atoms with Gasteiger partial charge in [0.25, 0.3) is 0 Å². The van der Waals surface area contributed by atoms with E-state index in [1.165, 1.54) is 40.8 Å². The van der Waals surface area contributed by atoms with Gasteiger partial charge in [-0.1, -0.05) is 49.7 Å². The molecule has 0 bridgehead atoms. The number of piperidine rings is 1. The van der Waals surface area contributed by atoms with E-state index in [1.54, 1.807) is 0 Å². The Morgan fingerprint density at radius 3 is 2.67 bits per heavy atom. The van der Waals surface area contributed by atoms with Crippen LogP contribution in [0.3, 0.4) is 0 Å². The maximum Gasteiger partial charge on any atom is 0.329 e. The molecule has 1 aliphatic heterocycles. The highest BCUT2D eigenvalue weighted by molar-refractivity contribution is 6.30. The van der Waals surface area contributed by atoms with Crippen LogP contribution in [0.25, 0.3) is 0 Å². The first-order valence-corrected chi connectivity index (χ1v) is 18.9. The molecular weight excluding hydrogens is 637 g/mol. The number of anilines is 1. The maximum absolute atomic E-state index is 13.9. The van der Waals surface area contributed by atoms with Gasteiger partial charge in [0.15, 0.2) is 0 Å². The van der Waals surface area contributed by atoms with Crippen molar-refractivity contribution in [3.05, 3.63) is 87.7 Å². The number of pyridine rings is 1. The number of likely N-dealkylation sites (tertiary alicyclic amines) is 1. The van der Waals surface area contributed by atoms with Crippen LogP contribution in [-0.2, 0) is 29.6 Å². The number of nitrogens with zero attached hydrogens (tertiary/aromatic N) is 2. The van der Waals surface area contributed by atoms with Crippen LogP contribution in [0.15, 0.2) is 54.7 Å². The van der Waals surface area contributed by atoms with Gasteiger partial charge in [-0.2, -0.15) is 0 Å². The number of aromatic nitrogens is 1. The second-order valence-electron chi connectivity index (χ2n) is 15.6. The van der Waals surface area contributed by atoms with Crippen LogP contribution in [0.5, 0.6) is 5.75 Å². The fourth-order valence-corrected chi connectivity index (χ4v) is 9.75. The first kappa shape index (κ1) is 34.3. The van der Waals surface area contributed by atoms with Crippen LogP contribution in [0, 0.1) is 11.8 Å². The Kier molecular flexibility index (Phi) is 9.96. The molecule has 6 nitrogen and oxygen atoms in total. The molecule has 2 fully saturated rings. The average Bonchev–Trinajstić information content (AvgIpc) is 3.37. The third-order valence-electron chi connectivity index (χ3n) is 12.3. The summed E-state index contributed by atoms with van der Waals surface area (Å²) >= 11 is 6.29. The highest BCUT2D eigenvalue weighted by atomic mass is 35.5. The van der Waals surface area contributed by atoms with Crippen molar-refractivity contribution in [1.29, 1.82) is 0 Å². The zero-order valence-electron chi connectivity index (χ0n) is 29.0. The Morgan fingerprint density at radius 2 is 1.92 bits per heavy atom. The monoisotopic (exact) mass is 687 g/mol. The lowest BCUT2D eigenvalue weighted by molar-refractivity contribution is -0.144. The molecule has 0 radical (unpaired) electrons. The number of nitrogens with one attached hydrogen (secondary N) is 1. The number of carboxylic acids is 1. The minimum absolute atomic E-state index is 0.106. The summed E-state index contributed by atoms with van der Waals surface area (Å²) in [6.45, 7) is 7.65. The molecule has 2 N–H and O–H groups in total. The van der Waals surface area contributed by atoms with E-state index in [4.69, 9.17) is 16.3 Å². The normalized spacial score (nSPS) is 27.8. The SMILES string of the molecule is C[C@@H](COc1ccnc2c1[C@H](C)CCC2)CC1Cc2ccc(CN3CCC(F)CC3)cc2C12CCC(Nc1cccc(Cl)c1)(C(=O)O)CC2. The summed E-state index contributed by atoms with van der Waals surface area (Å²) in [4.78, 5) is 20.0. The topological polar surface area (TPSA) is 74.7 Å². The molecule has 7 rings (SSSR count). The largest absolute Gasteiger partial charge is 0.493 e. The van der Waals surface area contributed by atoms with E-state index in [2.05, 4.69) is 47.2 Å². The van der Waals surface area contributed by atoms with E-state index in [-0.39, 0.29) is 5.41 Å². The molecule has 3 aromatic rings. The Balaban J connectivity index is 1.13. The third-order valence-corrected chi connectivity index (χ3v) is 12.5. The van der Waals surface area contributed by atoms with Gasteiger partial charge < -0.3 is 15.2 Å². The summed E-state index contributed by atoms with van der Waals surface area (Å²) in [5.74, 6) is 1.37. The van der Waals surface area contributed by atoms with Gasteiger partial charge in [-0.3, -0.25) is 9.88 Å². The molecule has 262 valence electrons. The van der Waals surface area contributed by atoms with Crippen molar-refractivity contribution in [3.63, 3.8) is 0 Å². The summed E-state index contributed by atoms with van der Waals surface area (Å²) < 4.78 is 20.5. The molecule has 4 aliphatic rings. The van der Waals surface area contributed by atoms with Crippen molar-refractivity contribution in [1.82, 2.24) is 9.88 Å². The van der Waals surface area contributed by atoms with Crippen molar-refractivity contribution in [3.8, 4) is 5.75 Å². The molecule has 0 amide bonds. The van der Waals surface area contributed by atoms with E-state index < -0.39 is 17.7 Å². The predicted octanol–water partition coefficient (Wildman–Crippen LogP) is 9.13. The summed E-state index contributed by atoms with van der Waals surface area (Å²) in [5.41, 5.74) is 6.14. The lowest BCUT2D eigenvalue weighted by atomic mass is 9.59. The van der Waals surface area contributed by atoms with Gasteiger partial charge >= 0.3 is 5.97 Å². The molecule has 8 heteroatoms. The Morgan fingerprint density at radius 1 is 1.12 bits per heavy atom. The number of hydrogen-bond donors (Lipinski definition) is 2. The number of benzene rings is 2. The number of aliphatic carboxylic acids is 1. The van der Waals surface area contributed by atoms with Crippen LogP contribution in [0.2, 0.25) is 5.02 Å². The molecule has 1 saturated heterocycles. The third kappa shape index (κ3) is 7.08. The van der Waals surface area contributed by atoms with Gasteiger partial charge in [-0.25, -0.2) is 9.18 Å². The fraction of sp³-hybridized carbons (Fsp3) is 0.561. The molecule has 1 saturated carbocycles. The standard InChI is InChI=1S/C41H51ClFN3O3/c1-27(26-49-37-11-18-44-36-8-3-5-28(2)38(36)37)21-31-23-30-10-9-29(25-46-19-12-33(43)13-20-46)22-35(30)40(31)14-16-41(17-15-40,39(47)48)45-34-7-4-6-32(42)24-34/h4,6-7,9-11,18,22,24,27-28,31,33,45H,3,5,8,12-17,19-21,23,25-26H2,1-2H3,(H,47,48)/t27-,28-,31?,40?,41?/m1/s1. The van der Waals surface area contributed by atoms with Gasteiger partial charge in [0.1, 0.15) is 17.5 Å². The first-order chi connectivity index (χ1) is 23.6. The molecule has 2 heterocycles. The van der Waals surface area contributed by atoms with Crippen LogP contribution in [0.4, 0.5) is 10.1 Å². The molecule has 1 aromatic heterocycles. The lowest BCUT2D eigenvalue weighted by Gasteiger charge is -2.47. The van der Waals surface area contributed by atoms with E-state index in [1.807, 2.05) is 36.5 Å². The minimum atomic E-state index is -1.05. The number of alkyl halides is 1.